The number of piperidine rings is 1. The van der Waals surface area contributed by atoms with Gasteiger partial charge in [0.05, 0.1) is 6.54 Å². The minimum atomic E-state index is 0.0560. The molecule has 3 heterocycles. The molecule has 6 nitrogen and oxygen atoms in total. The van der Waals surface area contributed by atoms with Crippen LogP contribution in [0.25, 0.3) is 0 Å². The first-order valence-electron chi connectivity index (χ1n) is 12.2. The van der Waals surface area contributed by atoms with Crippen LogP contribution in [0, 0.1) is 11.8 Å². The summed E-state index contributed by atoms with van der Waals surface area (Å²) in [6, 6.07) is 3.92. The lowest BCUT2D eigenvalue weighted by Crippen LogP contribution is -2.49. The van der Waals surface area contributed by atoms with E-state index in [9.17, 15) is 9.59 Å². The van der Waals surface area contributed by atoms with Crippen molar-refractivity contribution >= 4 is 17.4 Å². The van der Waals surface area contributed by atoms with Crippen molar-refractivity contribution < 1.29 is 9.59 Å². The fourth-order valence-electron chi connectivity index (χ4n) is 4.36. The van der Waals surface area contributed by atoms with Gasteiger partial charge in [0.1, 0.15) is 11.6 Å². The van der Waals surface area contributed by atoms with Crippen LogP contribution in [0.4, 0.5) is 5.82 Å². The third kappa shape index (κ3) is 7.69. The molecule has 3 rings (SSSR count). The molecule has 0 bridgehead atoms. The minimum absolute atomic E-state index is 0.0560. The van der Waals surface area contributed by atoms with Gasteiger partial charge in [0.15, 0.2) is 5.78 Å². The molecule has 31 heavy (non-hydrogen) atoms. The Morgan fingerprint density at radius 2 is 1.68 bits per heavy atom. The standard InChI is InChI=1S/C23H36N4O2.C2H6/c1-4-18(2)23(29)21-5-6-22(24-15-21)27-13-11-26(12-14-27)17-20-7-9-25(10-8-20)16-19(3)28;1-2/h5-6,15,18,20H,4,7-14,16-17H2,1-3H3;1-2H3. The summed E-state index contributed by atoms with van der Waals surface area (Å²) in [4.78, 5) is 35.3. The quantitative estimate of drug-likeness (QED) is 0.586. The highest BCUT2D eigenvalue weighted by Gasteiger charge is 2.25. The topological polar surface area (TPSA) is 56.8 Å². The van der Waals surface area contributed by atoms with Crippen LogP contribution in [0.3, 0.4) is 0 Å². The zero-order valence-corrected chi connectivity index (χ0v) is 20.3. The molecule has 1 aromatic rings. The van der Waals surface area contributed by atoms with Gasteiger partial charge in [-0.1, -0.05) is 27.7 Å². The van der Waals surface area contributed by atoms with Crippen molar-refractivity contribution in [1.29, 1.82) is 0 Å². The van der Waals surface area contributed by atoms with E-state index in [0.29, 0.717) is 6.54 Å². The number of carbonyl (C=O) groups excluding carboxylic acids is 2. The van der Waals surface area contributed by atoms with Crippen LogP contribution in [-0.4, -0.2) is 78.7 Å². The normalized spacial score (nSPS) is 19.5. The largest absolute Gasteiger partial charge is 0.354 e. The van der Waals surface area contributed by atoms with Crippen molar-refractivity contribution in [3.8, 4) is 0 Å². The van der Waals surface area contributed by atoms with E-state index in [4.69, 9.17) is 0 Å². The molecule has 2 aliphatic heterocycles. The first-order chi connectivity index (χ1) is 15.0. The summed E-state index contributed by atoms with van der Waals surface area (Å²) in [6.45, 7) is 17.7. The molecule has 0 aliphatic carbocycles. The third-order valence-corrected chi connectivity index (χ3v) is 6.46. The molecule has 174 valence electrons. The van der Waals surface area contributed by atoms with Gasteiger partial charge in [0.2, 0.25) is 0 Å². The molecule has 0 spiro atoms. The second-order valence-electron chi connectivity index (χ2n) is 8.79. The molecular formula is C25H42N4O2. The van der Waals surface area contributed by atoms with Gasteiger partial charge in [-0.2, -0.15) is 0 Å². The molecule has 1 unspecified atom stereocenters. The molecular weight excluding hydrogens is 388 g/mol. The lowest BCUT2D eigenvalue weighted by molar-refractivity contribution is -0.118. The summed E-state index contributed by atoms with van der Waals surface area (Å²) in [7, 11) is 0. The van der Waals surface area contributed by atoms with Gasteiger partial charge in [-0.3, -0.25) is 19.4 Å². The Kier molecular flexibility index (Phi) is 10.6. The number of hydrogen-bond acceptors (Lipinski definition) is 6. The summed E-state index contributed by atoms with van der Waals surface area (Å²) in [6.07, 6.45) is 4.99. The molecule has 6 heteroatoms. The average molecular weight is 431 g/mol. The predicted octanol–water partition coefficient (Wildman–Crippen LogP) is 3.76. The maximum atomic E-state index is 12.3. The Morgan fingerprint density at radius 1 is 1.03 bits per heavy atom. The van der Waals surface area contributed by atoms with Gasteiger partial charge in [0, 0.05) is 50.4 Å². The molecule has 2 fully saturated rings. The Labute approximate surface area is 189 Å². The van der Waals surface area contributed by atoms with Crippen LogP contribution in [0.2, 0.25) is 0 Å². The van der Waals surface area contributed by atoms with Crippen LogP contribution < -0.4 is 4.90 Å². The summed E-state index contributed by atoms with van der Waals surface area (Å²) in [5.41, 5.74) is 0.720. The van der Waals surface area contributed by atoms with E-state index in [1.807, 2.05) is 39.8 Å². The number of pyridine rings is 1. The zero-order chi connectivity index (χ0) is 22.8. The maximum Gasteiger partial charge on any atom is 0.167 e. The Hall–Kier alpha value is -1.79. The lowest BCUT2D eigenvalue weighted by atomic mass is 9.95. The molecule has 0 amide bonds. The fourth-order valence-corrected chi connectivity index (χ4v) is 4.36. The van der Waals surface area contributed by atoms with Gasteiger partial charge in [-0.15, -0.1) is 0 Å². The number of ketones is 2. The average Bonchev–Trinajstić information content (AvgIpc) is 2.81. The number of likely N-dealkylation sites (tertiary alicyclic amines) is 1. The van der Waals surface area contributed by atoms with Crippen molar-refractivity contribution in [1.82, 2.24) is 14.8 Å². The predicted molar refractivity (Wildman–Crippen MR) is 128 cm³/mol. The second-order valence-corrected chi connectivity index (χ2v) is 8.79. The van der Waals surface area contributed by atoms with Crippen molar-refractivity contribution in [3.63, 3.8) is 0 Å². The maximum absolute atomic E-state index is 12.3. The van der Waals surface area contributed by atoms with Crippen LogP contribution in [0.5, 0.6) is 0 Å². The molecule has 2 aliphatic rings. The number of piperazine rings is 1. The van der Waals surface area contributed by atoms with E-state index < -0.39 is 0 Å². The Bertz CT molecular complexity index is 675. The first kappa shape index (κ1) is 25.5. The van der Waals surface area contributed by atoms with E-state index in [2.05, 4.69) is 19.7 Å². The van der Waals surface area contributed by atoms with Crippen molar-refractivity contribution in [2.24, 2.45) is 11.8 Å². The Morgan fingerprint density at radius 3 is 2.19 bits per heavy atom. The smallest absolute Gasteiger partial charge is 0.167 e. The van der Waals surface area contributed by atoms with Crippen molar-refractivity contribution in [2.45, 2.75) is 53.9 Å². The van der Waals surface area contributed by atoms with Gasteiger partial charge < -0.3 is 4.90 Å². The van der Waals surface area contributed by atoms with Gasteiger partial charge in [-0.05, 0) is 57.3 Å². The van der Waals surface area contributed by atoms with Crippen LogP contribution in [0.1, 0.15) is 64.2 Å². The number of carbonyl (C=O) groups is 2. The molecule has 0 radical (unpaired) electrons. The fraction of sp³-hybridized carbons (Fsp3) is 0.720. The zero-order valence-electron chi connectivity index (χ0n) is 20.3. The third-order valence-electron chi connectivity index (χ3n) is 6.46. The SMILES string of the molecule is CC.CCC(C)C(=O)c1ccc(N2CCN(CC3CCN(CC(C)=O)CC3)CC2)nc1. The van der Waals surface area contributed by atoms with E-state index in [1.165, 1.54) is 12.8 Å². The van der Waals surface area contributed by atoms with E-state index in [0.717, 1.165) is 69.5 Å². The molecule has 0 N–H and O–H groups in total. The van der Waals surface area contributed by atoms with Crippen molar-refractivity contribution in [3.05, 3.63) is 23.9 Å². The highest BCUT2D eigenvalue weighted by molar-refractivity contribution is 5.97. The van der Waals surface area contributed by atoms with E-state index in [-0.39, 0.29) is 17.5 Å². The minimum Gasteiger partial charge on any atom is -0.354 e. The van der Waals surface area contributed by atoms with Gasteiger partial charge >= 0.3 is 0 Å². The monoisotopic (exact) mass is 430 g/mol. The van der Waals surface area contributed by atoms with E-state index in [1.54, 1.807) is 13.1 Å². The molecule has 0 saturated carbocycles. The lowest BCUT2D eigenvalue weighted by Gasteiger charge is -2.39. The summed E-state index contributed by atoms with van der Waals surface area (Å²) >= 11 is 0. The van der Waals surface area contributed by atoms with Crippen molar-refractivity contribution in [2.75, 3.05) is 57.3 Å². The van der Waals surface area contributed by atoms with Crippen LogP contribution in [0.15, 0.2) is 18.3 Å². The number of rotatable bonds is 8. The van der Waals surface area contributed by atoms with Crippen LogP contribution in [-0.2, 0) is 4.79 Å². The summed E-state index contributed by atoms with van der Waals surface area (Å²) < 4.78 is 0. The number of hydrogen-bond donors (Lipinski definition) is 0. The second kappa shape index (κ2) is 12.9. The Balaban J connectivity index is 0.00000166. The number of aromatic nitrogens is 1. The van der Waals surface area contributed by atoms with Gasteiger partial charge in [0.25, 0.3) is 0 Å². The van der Waals surface area contributed by atoms with Gasteiger partial charge in [-0.25, -0.2) is 4.98 Å². The molecule has 0 aromatic carbocycles. The molecule has 2 saturated heterocycles. The van der Waals surface area contributed by atoms with Crippen LogP contribution >= 0.6 is 0 Å². The first-order valence-corrected chi connectivity index (χ1v) is 12.2. The highest BCUT2D eigenvalue weighted by Crippen LogP contribution is 2.21. The number of Topliss-reactive ketones (excluding diaryl/α,β-unsaturated/α-hetero) is 2. The van der Waals surface area contributed by atoms with E-state index >= 15 is 0 Å². The highest BCUT2D eigenvalue weighted by atomic mass is 16.1. The summed E-state index contributed by atoms with van der Waals surface area (Å²) in [5, 5.41) is 0. The molecule has 1 atom stereocenters. The summed E-state index contributed by atoms with van der Waals surface area (Å²) in [5.74, 6) is 2.23. The number of nitrogens with zero attached hydrogens (tertiary/aromatic N) is 4. The molecule has 1 aromatic heterocycles. The number of anilines is 1.